The summed E-state index contributed by atoms with van der Waals surface area (Å²) in [5.41, 5.74) is 1.36. The number of benzene rings is 2. The number of carbonyl (C=O) groups is 3. The van der Waals surface area contributed by atoms with Gasteiger partial charge in [-0.15, -0.1) is 0 Å². The number of para-hydroxylation sites is 1. The Kier molecular flexibility index (Phi) is 6.89. The second kappa shape index (κ2) is 10.4. The molecule has 0 spiro atoms. The molecule has 3 aromatic rings. The van der Waals surface area contributed by atoms with E-state index in [1.165, 1.54) is 18.4 Å². The SMILES string of the molecule is O=C(COC(=O)c1ccccc1NC(=O)c1ccco1)NCCc1ccc2c(c1)OCCO2. The minimum atomic E-state index is -0.729. The van der Waals surface area contributed by atoms with Gasteiger partial charge in [0.15, 0.2) is 23.9 Å². The van der Waals surface area contributed by atoms with Crippen molar-refractivity contribution >= 4 is 23.5 Å². The summed E-state index contributed by atoms with van der Waals surface area (Å²) in [6, 6.07) is 15.1. The number of anilines is 1. The molecule has 2 amide bonds. The van der Waals surface area contributed by atoms with Gasteiger partial charge in [-0.2, -0.15) is 0 Å². The molecule has 0 fully saturated rings. The maximum absolute atomic E-state index is 12.5. The van der Waals surface area contributed by atoms with Crippen LogP contribution in [0.3, 0.4) is 0 Å². The lowest BCUT2D eigenvalue weighted by molar-refractivity contribution is -0.124. The van der Waals surface area contributed by atoms with Crippen molar-refractivity contribution in [3.05, 3.63) is 77.7 Å². The number of ether oxygens (including phenoxy) is 3. The third kappa shape index (κ3) is 5.70. The molecule has 0 unspecified atom stereocenters. The van der Waals surface area contributed by atoms with Gasteiger partial charge < -0.3 is 29.3 Å². The third-order valence-corrected chi connectivity index (χ3v) is 4.82. The quantitative estimate of drug-likeness (QED) is 0.507. The van der Waals surface area contributed by atoms with E-state index in [0.29, 0.717) is 37.7 Å². The lowest BCUT2D eigenvalue weighted by atomic mass is 10.1. The second-order valence-corrected chi connectivity index (χ2v) is 7.13. The van der Waals surface area contributed by atoms with Crippen LogP contribution < -0.4 is 20.1 Å². The van der Waals surface area contributed by atoms with Crippen molar-refractivity contribution < 1.29 is 33.0 Å². The average molecular weight is 450 g/mol. The number of rotatable bonds is 8. The zero-order valence-electron chi connectivity index (χ0n) is 17.7. The summed E-state index contributed by atoms with van der Waals surface area (Å²) >= 11 is 0. The molecule has 0 radical (unpaired) electrons. The lowest BCUT2D eigenvalue weighted by Crippen LogP contribution is -2.30. The van der Waals surface area contributed by atoms with Crippen LogP contribution in [0.15, 0.2) is 65.3 Å². The molecule has 9 heteroatoms. The summed E-state index contributed by atoms with van der Waals surface area (Å²) in [6.45, 7) is 0.961. The first-order chi connectivity index (χ1) is 16.1. The van der Waals surface area contributed by atoms with E-state index in [-0.39, 0.29) is 17.0 Å². The molecular formula is C24H22N2O7. The van der Waals surface area contributed by atoms with Crippen molar-refractivity contribution in [3.63, 3.8) is 0 Å². The summed E-state index contributed by atoms with van der Waals surface area (Å²) in [5.74, 6) is -0.156. The number of hydrogen-bond donors (Lipinski definition) is 2. The van der Waals surface area contributed by atoms with Gasteiger partial charge in [0.2, 0.25) is 0 Å². The zero-order valence-corrected chi connectivity index (χ0v) is 17.7. The Labute approximate surface area is 189 Å². The molecular weight excluding hydrogens is 428 g/mol. The van der Waals surface area contributed by atoms with Gasteiger partial charge in [-0.25, -0.2) is 4.79 Å². The van der Waals surface area contributed by atoms with Gasteiger partial charge in [-0.05, 0) is 48.4 Å². The summed E-state index contributed by atoms with van der Waals surface area (Å²) in [4.78, 5) is 36.8. The highest BCUT2D eigenvalue weighted by Gasteiger charge is 2.17. The molecule has 1 aliphatic heterocycles. The highest BCUT2D eigenvalue weighted by molar-refractivity contribution is 6.06. The molecule has 4 rings (SSSR count). The number of furan rings is 1. The Balaban J connectivity index is 1.25. The number of amides is 2. The third-order valence-electron chi connectivity index (χ3n) is 4.82. The van der Waals surface area contributed by atoms with Gasteiger partial charge in [-0.3, -0.25) is 9.59 Å². The molecule has 2 aromatic carbocycles. The van der Waals surface area contributed by atoms with Gasteiger partial charge in [0.1, 0.15) is 13.2 Å². The minimum Gasteiger partial charge on any atom is -0.486 e. The fraction of sp³-hybridized carbons (Fsp3) is 0.208. The van der Waals surface area contributed by atoms with Crippen LogP contribution in [0.5, 0.6) is 11.5 Å². The van der Waals surface area contributed by atoms with Gasteiger partial charge in [0.25, 0.3) is 11.8 Å². The van der Waals surface area contributed by atoms with Crippen LogP contribution >= 0.6 is 0 Å². The molecule has 9 nitrogen and oxygen atoms in total. The Bertz CT molecular complexity index is 1140. The largest absolute Gasteiger partial charge is 0.486 e. The number of hydrogen-bond acceptors (Lipinski definition) is 7. The van der Waals surface area contributed by atoms with Crippen LogP contribution in [0.1, 0.15) is 26.5 Å². The minimum absolute atomic E-state index is 0.107. The number of fused-ring (bicyclic) bond motifs is 1. The maximum atomic E-state index is 12.5. The van der Waals surface area contributed by atoms with E-state index in [1.54, 1.807) is 24.3 Å². The molecule has 33 heavy (non-hydrogen) atoms. The molecule has 2 N–H and O–H groups in total. The number of nitrogens with one attached hydrogen (secondary N) is 2. The Morgan fingerprint density at radius 1 is 0.939 bits per heavy atom. The molecule has 1 aromatic heterocycles. The van der Waals surface area contributed by atoms with E-state index in [2.05, 4.69) is 10.6 Å². The van der Waals surface area contributed by atoms with Crippen molar-refractivity contribution in [1.29, 1.82) is 0 Å². The van der Waals surface area contributed by atoms with E-state index >= 15 is 0 Å². The smallest absolute Gasteiger partial charge is 0.340 e. The van der Waals surface area contributed by atoms with E-state index in [0.717, 1.165) is 5.56 Å². The predicted octanol–water partition coefficient (Wildman–Crippen LogP) is 2.82. The van der Waals surface area contributed by atoms with Crippen LogP contribution in [0.25, 0.3) is 0 Å². The fourth-order valence-corrected chi connectivity index (χ4v) is 3.21. The highest BCUT2D eigenvalue weighted by Crippen LogP contribution is 2.30. The van der Waals surface area contributed by atoms with Crippen molar-refractivity contribution in [2.75, 3.05) is 31.7 Å². The fourth-order valence-electron chi connectivity index (χ4n) is 3.21. The standard InChI is InChI=1S/C24H22N2O7/c27-22(25-10-9-16-7-8-19-21(14-16)32-13-12-31-19)15-33-24(29)17-4-1-2-5-18(17)26-23(28)20-6-3-11-30-20/h1-8,11,14H,9-10,12-13,15H2,(H,25,27)(H,26,28). The molecule has 170 valence electrons. The topological polar surface area (TPSA) is 116 Å². The van der Waals surface area contributed by atoms with Crippen LogP contribution in [0.2, 0.25) is 0 Å². The second-order valence-electron chi connectivity index (χ2n) is 7.13. The van der Waals surface area contributed by atoms with Crippen LogP contribution in [0, 0.1) is 0 Å². The van der Waals surface area contributed by atoms with Crippen molar-refractivity contribution in [2.24, 2.45) is 0 Å². The first-order valence-corrected chi connectivity index (χ1v) is 10.4. The van der Waals surface area contributed by atoms with Crippen LogP contribution in [-0.2, 0) is 16.0 Å². The maximum Gasteiger partial charge on any atom is 0.340 e. The van der Waals surface area contributed by atoms with E-state index in [4.69, 9.17) is 18.6 Å². The highest BCUT2D eigenvalue weighted by atomic mass is 16.6. The average Bonchev–Trinajstić information content (AvgIpc) is 3.38. The Morgan fingerprint density at radius 2 is 1.76 bits per heavy atom. The lowest BCUT2D eigenvalue weighted by Gasteiger charge is -2.18. The van der Waals surface area contributed by atoms with E-state index in [9.17, 15) is 14.4 Å². The first-order valence-electron chi connectivity index (χ1n) is 10.4. The molecule has 0 saturated carbocycles. The molecule has 2 heterocycles. The number of esters is 1. The molecule has 0 saturated heterocycles. The van der Waals surface area contributed by atoms with Crippen molar-refractivity contribution in [1.82, 2.24) is 5.32 Å². The van der Waals surface area contributed by atoms with Gasteiger partial charge >= 0.3 is 5.97 Å². The predicted molar refractivity (Wildman–Crippen MR) is 118 cm³/mol. The first kappa shape index (κ1) is 21.9. The zero-order chi connectivity index (χ0) is 23.0. The van der Waals surface area contributed by atoms with E-state index in [1.807, 2.05) is 18.2 Å². The summed E-state index contributed by atoms with van der Waals surface area (Å²) in [7, 11) is 0. The Hall–Kier alpha value is -4.27. The molecule has 0 atom stereocenters. The van der Waals surface area contributed by atoms with Crippen molar-refractivity contribution in [2.45, 2.75) is 6.42 Å². The normalized spacial score (nSPS) is 12.0. The van der Waals surface area contributed by atoms with Crippen molar-refractivity contribution in [3.8, 4) is 11.5 Å². The van der Waals surface area contributed by atoms with Crippen LogP contribution in [0.4, 0.5) is 5.69 Å². The van der Waals surface area contributed by atoms with Crippen LogP contribution in [-0.4, -0.2) is 44.1 Å². The van der Waals surface area contributed by atoms with E-state index < -0.39 is 24.4 Å². The molecule has 0 aliphatic carbocycles. The summed E-state index contributed by atoms with van der Waals surface area (Å²) in [5, 5.41) is 5.32. The molecule has 1 aliphatic rings. The molecule has 0 bridgehead atoms. The monoisotopic (exact) mass is 450 g/mol. The van der Waals surface area contributed by atoms with Gasteiger partial charge in [0, 0.05) is 6.54 Å². The summed E-state index contributed by atoms with van der Waals surface area (Å²) in [6.07, 6.45) is 1.96. The van der Waals surface area contributed by atoms with Gasteiger partial charge in [-0.1, -0.05) is 18.2 Å². The number of carbonyl (C=O) groups excluding carboxylic acids is 3. The Morgan fingerprint density at radius 3 is 2.58 bits per heavy atom. The van der Waals surface area contributed by atoms with Gasteiger partial charge in [0.05, 0.1) is 17.5 Å². The summed E-state index contributed by atoms with van der Waals surface area (Å²) < 4.78 is 21.2.